The average Bonchev–Trinajstić information content (AvgIpc) is 3.18. The molecule has 1 aromatic carbocycles. The molecule has 0 saturated carbocycles. The second-order valence-corrected chi connectivity index (χ2v) is 9.47. The molecule has 6 nitrogen and oxygen atoms in total. The van der Waals surface area contributed by atoms with Crippen LogP contribution in [0.3, 0.4) is 0 Å². The lowest BCUT2D eigenvalue weighted by Gasteiger charge is -2.30. The third-order valence-corrected chi connectivity index (χ3v) is 7.85. The van der Waals surface area contributed by atoms with Crippen molar-refractivity contribution in [3.05, 3.63) is 47.3 Å². The minimum atomic E-state index is -3.39. The molecule has 0 radical (unpaired) electrons. The number of aryl methyl sites for hydroxylation is 1. The Balaban J connectivity index is 1.49. The summed E-state index contributed by atoms with van der Waals surface area (Å²) in [6.45, 7) is 4.58. The molecule has 2 heterocycles. The largest absolute Gasteiger partial charge is 0.325 e. The molecule has 1 fully saturated rings. The van der Waals surface area contributed by atoms with E-state index in [2.05, 4.69) is 12.2 Å². The average molecular weight is 395 g/mol. The van der Waals surface area contributed by atoms with Crippen LogP contribution < -0.4 is 10.2 Å². The van der Waals surface area contributed by atoms with Crippen LogP contribution in [-0.2, 0) is 21.2 Å². The minimum absolute atomic E-state index is 0.0428. The highest BCUT2D eigenvalue weighted by atomic mass is 32.2. The van der Waals surface area contributed by atoms with E-state index in [9.17, 15) is 13.2 Å². The Labute approximate surface area is 158 Å². The predicted molar refractivity (Wildman–Crippen MR) is 103 cm³/mol. The monoisotopic (exact) mass is 394 g/mol. The van der Waals surface area contributed by atoms with Gasteiger partial charge in [-0.3, -0.25) is 4.79 Å². The highest BCUT2D eigenvalue weighted by Gasteiger charge is 2.31. The van der Waals surface area contributed by atoms with Gasteiger partial charge < -0.3 is 10.2 Å². The molecular formula is C18H24N3O3S2+. The Morgan fingerprint density at radius 3 is 2.46 bits per heavy atom. The number of sulfonamides is 1. The molecule has 1 aromatic heterocycles. The van der Waals surface area contributed by atoms with Crippen molar-refractivity contribution in [1.82, 2.24) is 4.31 Å². The first-order valence-corrected chi connectivity index (χ1v) is 11.1. The van der Waals surface area contributed by atoms with E-state index in [-0.39, 0.29) is 5.91 Å². The highest BCUT2D eigenvalue weighted by molar-refractivity contribution is 7.91. The maximum atomic E-state index is 12.5. The van der Waals surface area contributed by atoms with Crippen molar-refractivity contribution in [2.75, 3.05) is 38.0 Å². The molecule has 26 heavy (non-hydrogen) atoms. The number of piperazine rings is 1. The molecule has 0 spiro atoms. The lowest BCUT2D eigenvalue weighted by atomic mass is 10.1. The van der Waals surface area contributed by atoms with Crippen LogP contribution in [0.15, 0.2) is 46.0 Å². The number of hydrogen-bond donors (Lipinski definition) is 2. The molecule has 0 atom stereocenters. The summed E-state index contributed by atoms with van der Waals surface area (Å²) in [6.07, 6.45) is 0.969. The molecule has 1 saturated heterocycles. The van der Waals surface area contributed by atoms with Crippen LogP contribution in [0.4, 0.5) is 5.69 Å². The fraction of sp³-hybridized carbons (Fsp3) is 0.389. The third kappa shape index (κ3) is 4.50. The van der Waals surface area contributed by atoms with Crippen LogP contribution in [0.2, 0.25) is 0 Å². The van der Waals surface area contributed by atoms with Crippen molar-refractivity contribution in [2.24, 2.45) is 0 Å². The van der Waals surface area contributed by atoms with E-state index in [1.165, 1.54) is 21.2 Å². The standard InChI is InChI=1S/C18H23N3O3S2/c1-2-15-5-7-16(8-6-15)19-17(22)14-20-9-11-21(12-10-20)26(23,24)18-4-3-13-25-18/h3-8,13H,2,9-12,14H2,1H3,(H,19,22)/p+1. The number of quaternary nitrogens is 1. The zero-order valence-electron chi connectivity index (χ0n) is 14.8. The van der Waals surface area contributed by atoms with E-state index >= 15 is 0 Å². The van der Waals surface area contributed by atoms with Crippen LogP contribution in [-0.4, -0.2) is 51.4 Å². The van der Waals surface area contributed by atoms with Gasteiger partial charge in [0.15, 0.2) is 6.54 Å². The summed E-state index contributed by atoms with van der Waals surface area (Å²) in [5, 5.41) is 4.68. The number of carbonyl (C=O) groups excluding carboxylic acids is 1. The van der Waals surface area contributed by atoms with Crippen LogP contribution >= 0.6 is 11.3 Å². The molecule has 140 valence electrons. The minimum Gasteiger partial charge on any atom is -0.325 e. The number of amides is 1. The van der Waals surface area contributed by atoms with E-state index in [0.29, 0.717) is 36.9 Å². The first kappa shape index (κ1) is 19.0. The second-order valence-electron chi connectivity index (χ2n) is 6.36. The van der Waals surface area contributed by atoms with Gasteiger partial charge in [0.25, 0.3) is 15.9 Å². The van der Waals surface area contributed by atoms with Crippen molar-refractivity contribution in [2.45, 2.75) is 17.6 Å². The molecule has 0 aliphatic carbocycles. The lowest BCUT2D eigenvalue weighted by Crippen LogP contribution is -3.15. The molecule has 8 heteroatoms. The quantitative estimate of drug-likeness (QED) is 0.763. The summed E-state index contributed by atoms with van der Waals surface area (Å²) in [7, 11) is -3.39. The lowest BCUT2D eigenvalue weighted by molar-refractivity contribution is -0.895. The third-order valence-electron chi connectivity index (χ3n) is 4.58. The molecule has 3 rings (SSSR count). The van der Waals surface area contributed by atoms with Gasteiger partial charge in [-0.25, -0.2) is 8.42 Å². The molecule has 2 aromatic rings. The van der Waals surface area contributed by atoms with Gasteiger partial charge in [0, 0.05) is 5.69 Å². The number of nitrogens with zero attached hydrogens (tertiary/aromatic N) is 1. The summed E-state index contributed by atoms with van der Waals surface area (Å²) < 4.78 is 26.9. The number of benzene rings is 1. The van der Waals surface area contributed by atoms with E-state index in [1.807, 2.05) is 24.3 Å². The number of nitrogens with one attached hydrogen (secondary N) is 2. The van der Waals surface area contributed by atoms with Gasteiger partial charge in [-0.05, 0) is 35.6 Å². The summed E-state index contributed by atoms with van der Waals surface area (Å²) in [5.41, 5.74) is 2.03. The van der Waals surface area contributed by atoms with E-state index < -0.39 is 10.0 Å². The Bertz CT molecular complexity index is 825. The summed E-state index contributed by atoms with van der Waals surface area (Å²) in [5.74, 6) is -0.0428. The smallest absolute Gasteiger partial charge is 0.279 e. The molecule has 2 N–H and O–H groups in total. The molecule has 0 unspecified atom stereocenters. The van der Waals surface area contributed by atoms with Crippen LogP contribution in [0, 0.1) is 0 Å². The predicted octanol–water partition coefficient (Wildman–Crippen LogP) is 0.838. The fourth-order valence-corrected chi connectivity index (χ4v) is 5.60. The Morgan fingerprint density at radius 1 is 1.19 bits per heavy atom. The SMILES string of the molecule is CCc1ccc(NC(=O)C[NH+]2CCN(S(=O)(=O)c3cccs3)CC2)cc1. The zero-order valence-corrected chi connectivity index (χ0v) is 16.4. The first-order valence-electron chi connectivity index (χ1n) is 8.75. The number of carbonyl (C=O) groups is 1. The summed E-state index contributed by atoms with van der Waals surface area (Å²) in [4.78, 5) is 13.3. The van der Waals surface area contributed by atoms with Crippen molar-refractivity contribution in [3.63, 3.8) is 0 Å². The molecule has 1 amide bonds. The maximum Gasteiger partial charge on any atom is 0.279 e. The second kappa shape index (κ2) is 8.30. The van der Waals surface area contributed by atoms with Crippen molar-refractivity contribution < 1.29 is 18.1 Å². The first-order chi connectivity index (χ1) is 12.5. The van der Waals surface area contributed by atoms with Crippen LogP contribution in [0.25, 0.3) is 0 Å². The Kier molecular flexibility index (Phi) is 6.08. The van der Waals surface area contributed by atoms with Crippen molar-refractivity contribution >= 4 is 33.0 Å². The molecule has 1 aliphatic heterocycles. The van der Waals surface area contributed by atoms with Crippen molar-refractivity contribution in [1.29, 1.82) is 0 Å². The highest BCUT2D eigenvalue weighted by Crippen LogP contribution is 2.20. The zero-order chi connectivity index (χ0) is 18.6. The van der Waals surface area contributed by atoms with E-state index in [4.69, 9.17) is 0 Å². The Morgan fingerprint density at radius 2 is 1.88 bits per heavy atom. The number of anilines is 1. The van der Waals surface area contributed by atoms with E-state index in [1.54, 1.807) is 17.5 Å². The fourth-order valence-electron chi connectivity index (χ4n) is 3.01. The summed E-state index contributed by atoms with van der Waals surface area (Å²) >= 11 is 1.24. The molecular weight excluding hydrogens is 370 g/mol. The van der Waals surface area contributed by atoms with E-state index in [0.717, 1.165) is 17.0 Å². The van der Waals surface area contributed by atoms with Gasteiger partial charge in [-0.15, -0.1) is 11.3 Å². The summed E-state index contributed by atoms with van der Waals surface area (Å²) in [6, 6.07) is 11.2. The van der Waals surface area contributed by atoms with Gasteiger partial charge in [-0.2, -0.15) is 4.31 Å². The van der Waals surface area contributed by atoms with Gasteiger partial charge in [0.05, 0.1) is 26.2 Å². The number of rotatable bonds is 6. The van der Waals surface area contributed by atoms with Gasteiger partial charge >= 0.3 is 0 Å². The number of hydrogen-bond acceptors (Lipinski definition) is 4. The topological polar surface area (TPSA) is 70.9 Å². The molecule has 1 aliphatic rings. The van der Waals surface area contributed by atoms with Crippen LogP contribution in [0.1, 0.15) is 12.5 Å². The normalized spacial score (nSPS) is 16.5. The van der Waals surface area contributed by atoms with Gasteiger partial charge in [0.2, 0.25) is 0 Å². The van der Waals surface area contributed by atoms with Gasteiger partial charge in [-0.1, -0.05) is 25.1 Å². The number of thiophene rings is 1. The molecule has 0 bridgehead atoms. The van der Waals surface area contributed by atoms with Gasteiger partial charge in [0.1, 0.15) is 4.21 Å². The van der Waals surface area contributed by atoms with Crippen molar-refractivity contribution in [3.8, 4) is 0 Å². The maximum absolute atomic E-state index is 12.5. The van der Waals surface area contributed by atoms with Crippen LogP contribution in [0.5, 0.6) is 0 Å². The Hall–Kier alpha value is -1.74.